The summed E-state index contributed by atoms with van der Waals surface area (Å²) in [5.74, 6) is 0. The Morgan fingerprint density at radius 1 is 0.412 bits per heavy atom. The minimum Gasteiger partial charge on any atom is -0.454 e. The first-order valence-corrected chi connectivity index (χ1v) is 19.4. The van der Waals surface area contributed by atoms with Crippen molar-refractivity contribution in [1.29, 1.82) is 0 Å². The Bertz CT molecular complexity index is 2710. The van der Waals surface area contributed by atoms with Gasteiger partial charge in [0.15, 0.2) is 13.7 Å². The van der Waals surface area contributed by atoms with Crippen LogP contribution in [0.25, 0.3) is 60.8 Å². The Hall–Kier alpha value is -6.49. The van der Waals surface area contributed by atoms with Gasteiger partial charge in [0.1, 0.15) is 11.1 Å². The number of fused-ring (bicyclic) bond motifs is 6. The van der Waals surface area contributed by atoms with Gasteiger partial charge in [-0.2, -0.15) is 0 Å². The molecule has 51 heavy (non-hydrogen) atoms. The standard InChI is InChI=1S/C47H32N2OSi/c1-4-16-35(17-5-1)51(36-18-6-2-7-19-36,37-20-8-3-9-21-37)38-22-14-15-33(31-38)42-28-30-46-47(48-42)41-32-34(27-29-45(41)50-46)49-43-25-12-10-23-39(43)40-24-11-13-26-44(40)49/h1-32H. The summed E-state index contributed by atoms with van der Waals surface area (Å²) in [6.45, 7) is 0. The van der Waals surface area contributed by atoms with Gasteiger partial charge >= 0.3 is 0 Å². The van der Waals surface area contributed by atoms with Gasteiger partial charge in [0.25, 0.3) is 0 Å². The molecular formula is C47H32N2OSi. The van der Waals surface area contributed by atoms with E-state index >= 15 is 0 Å². The molecule has 0 aliphatic rings. The molecule has 0 saturated carbocycles. The van der Waals surface area contributed by atoms with Crippen LogP contribution in [-0.4, -0.2) is 17.6 Å². The summed E-state index contributed by atoms with van der Waals surface area (Å²) in [7, 11) is -2.68. The second-order valence-corrected chi connectivity index (χ2v) is 16.9. The number of benzene rings is 7. The van der Waals surface area contributed by atoms with Crippen LogP contribution in [0.2, 0.25) is 0 Å². The van der Waals surface area contributed by atoms with Gasteiger partial charge in [-0.25, -0.2) is 4.98 Å². The van der Waals surface area contributed by atoms with Crippen molar-refractivity contribution in [3.8, 4) is 16.9 Å². The van der Waals surface area contributed by atoms with Gasteiger partial charge in [-0.3, -0.25) is 0 Å². The van der Waals surface area contributed by atoms with E-state index in [1.807, 2.05) is 0 Å². The summed E-state index contributed by atoms with van der Waals surface area (Å²) >= 11 is 0. The zero-order valence-corrected chi connectivity index (χ0v) is 28.8. The van der Waals surface area contributed by atoms with Crippen LogP contribution in [0.1, 0.15) is 0 Å². The lowest BCUT2D eigenvalue weighted by Gasteiger charge is -2.34. The second kappa shape index (κ2) is 11.8. The van der Waals surface area contributed by atoms with Crippen molar-refractivity contribution in [2.75, 3.05) is 0 Å². The van der Waals surface area contributed by atoms with Crippen LogP contribution < -0.4 is 20.7 Å². The predicted molar refractivity (Wildman–Crippen MR) is 215 cm³/mol. The van der Waals surface area contributed by atoms with Crippen molar-refractivity contribution >= 4 is 72.7 Å². The first kappa shape index (κ1) is 29.4. The molecule has 0 bridgehead atoms. The summed E-state index contributed by atoms with van der Waals surface area (Å²) in [4.78, 5) is 5.33. The van der Waals surface area contributed by atoms with Crippen molar-refractivity contribution in [3.63, 3.8) is 0 Å². The van der Waals surface area contributed by atoms with E-state index < -0.39 is 8.07 Å². The molecule has 10 rings (SSSR count). The zero-order chi connectivity index (χ0) is 33.8. The normalized spacial score (nSPS) is 11.9. The van der Waals surface area contributed by atoms with E-state index in [9.17, 15) is 0 Å². The van der Waals surface area contributed by atoms with Crippen LogP contribution in [0.15, 0.2) is 199 Å². The van der Waals surface area contributed by atoms with Gasteiger partial charge in [-0.05, 0) is 63.2 Å². The van der Waals surface area contributed by atoms with Gasteiger partial charge in [0.05, 0.1) is 16.7 Å². The second-order valence-electron chi connectivity index (χ2n) is 13.1. The summed E-state index contributed by atoms with van der Waals surface area (Å²) < 4.78 is 8.72. The molecule has 0 N–H and O–H groups in total. The lowest BCUT2D eigenvalue weighted by atomic mass is 10.1. The summed E-state index contributed by atoms with van der Waals surface area (Å²) in [5.41, 5.74) is 7.93. The Kier molecular flexibility index (Phi) is 6.83. The lowest BCUT2D eigenvalue weighted by Crippen LogP contribution is -2.74. The third-order valence-corrected chi connectivity index (χ3v) is 15.1. The lowest BCUT2D eigenvalue weighted by molar-refractivity contribution is 0.668. The number of pyridine rings is 1. The fourth-order valence-corrected chi connectivity index (χ4v) is 12.9. The average Bonchev–Trinajstić information content (AvgIpc) is 3.74. The molecule has 7 aromatic carbocycles. The maximum Gasteiger partial charge on any atom is 0.179 e. The van der Waals surface area contributed by atoms with Gasteiger partial charge in [-0.1, -0.05) is 152 Å². The van der Waals surface area contributed by atoms with Gasteiger partial charge < -0.3 is 8.98 Å². The third kappa shape index (κ3) is 4.61. The highest BCUT2D eigenvalue weighted by Gasteiger charge is 2.41. The molecule has 0 saturated heterocycles. The molecule has 3 nitrogen and oxygen atoms in total. The molecule has 0 atom stereocenters. The van der Waals surface area contributed by atoms with Gasteiger partial charge in [0, 0.05) is 27.4 Å². The van der Waals surface area contributed by atoms with Crippen LogP contribution in [0.3, 0.4) is 0 Å². The van der Waals surface area contributed by atoms with Crippen molar-refractivity contribution in [3.05, 3.63) is 194 Å². The van der Waals surface area contributed by atoms with E-state index in [0.29, 0.717) is 0 Å². The maximum absolute atomic E-state index is 6.38. The van der Waals surface area contributed by atoms with Crippen molar-refractivity contribution < 1.29 is 4.42 Å². The van der Waals surface area contributed by atoms with Crippen molar-refractivity contribution in [2.45, 2.75) is 0 Å². The van der Waals surface area contributed by atoms with Crippen LogP contribution >= 0.6 is 0 Å². The summed E-state index contributed by atoms with van der Waals surface area (Å²) in [6, 6.07) is 70.0. The van der Waals surface area contributed by atoms with Crippen molar-refractivity contribution in [2.24, 2.45) is 0 Å². The van der Waals surface area contributed by atoms with E-state index in [1.54, 1.807) is 0 Å². The summed E-state index contributed by atoms with van der Waals surface area (Å²) in [6.07, 6.45) is 0. The fraction of sp³-hybridized carbons (Fsp3) is 0. The molecule has 240 valence electrons. The van der Waals surface area contributed by atoms with E-state index in [1.165, 1.54) is 42.6 Å². The maximum atomic E-state index is 6.38. The first-order chi connectivity index (χ1) is 25.3. The Balaban J connectivity index is 1.16. The topological polar surface area (TPSA) is 31.0 Å². The number of para-hydroxylation sites is 2. The molecule has 0 aliphatic carbocycles. The smallest absolute Gasteiger partial charge is 0.179 e. The number of hydrogen-bond acceptors (Lipinski definition) is 2. The van der Waals surface area contributed by atoms with Crippen LogP contribution in [0, 0.1) is 0 Å². The zero-order valence-electron chi connectivity index (χ0n) is 27.8. The minimum atomic E-state index is -2.68. The minimum absolute atomic E-state index is 0.783. The van der Waals surface area contributed by atoms with E-state index in [0.717, 1.165) is 39.0 Å². The molecule has 10 aromatic rings. The van der Waals surface area contributed by atoms with E-state index in [4.69, 9.17) is 9.40 Å². The van der Waals surface area contributed by atoms with Crippen molar-refractivity contribution in [1.82, 2.24) is 9.55 Å². The van der Waals surface area contributed by atoms with Crippen LogP contribution in [0.5, 0.6) is 0 Å². The molecule has 0 spiro atoms. The number of rotatable bonds is 6. The monoisotopic (exact) mass is 668 g/mol. The predicted octanol–water partition coefficient (Wildman–Crippen LogP) is 9.12. The molecule has 0 aliphatic heterocycles. The number of hydrogen-bond donors (Lipinski definition) is 0. The molecule has 0 unspecified atom stereocenters. The largest absolute Gasteiger partial charge is 0.454 e. The van der Waals surface area contributed by atoms with Gasteiger partial charge in [-0.15, -0.1) is 0 Å². The number of aromatic nitrogens is 2. The van der Waals surface area contributed by atoms with E-state index in [-0.39, 0.29) is 0 Å². The molecule has 0 fully saturated rings. The molecule has 4 heteroatoms. The SMILES string of the molecule is c1ccc([Si](c2ccccc2)(c2ccccc2)c2cccc(-c3ccc4oc5ccc(-n6c7ccccc7c7ccccc76)cc5c4n3)c2)cc1. The van der Waals surface area contributed by atoms with Crippen LogP contribution in [-0.2, 0) is 0 Å². The molecular weight excluding hydrogens is 637 g/mol. The summed E-state index contributed by atoms with van der Waals surface area (Å²) in [5, 5.41) is 8.85. The number of furan rings is 1. The third-order valence-electron chi connectivity index (χ3n) is 10.3. The molecule has 0 radical (unpaired) electrons. The molecule has 3 aromatic heterocycles. The molecule has 3 heterocycles. The van der Waals surface area contributed by atoms with Gasteiger partial charge in [0.2, 0.25) is 0 Å². The number of nitrogens with zero attached hydrogens (tertiary/aromatic N) is 2. The average molecular weight is 669 g/mol. The highest BCUT2D eigenvalue weighted by molar-refractivity contribution is 7.19. The Morgan fingerprint density at radius 2 is 0.941 bits per heavy atom. The highest BCUT2D eigenvalue weighted by Crippen LogP contribution is 2.35. The quantitative estimate of drug-likeness (QED) is 0.131. The highest BCUT2D eigenvalue weighted by atomic mass is 28.3. The van der Waals surface area contributed by atoms with E-state index in [2.05, 4.69) is 199 Å². The fourth-order valence-electron chi connectivity index (χ4n) is 8.11. The Morgan fingerprint density at radius 3 is 1.55 bits per heavy atom. The first-order valence-electron chi connectivity index (χ1n) is 17.4. The van der Waals surface area contributed by atoms with Crippen LogP contribution in [0.4, 0.5) is 0 Å². The Labute approximate surface area is 296 Å². The molecule has 0 amide bonds.